The van der Waals surface area contributed by atoms with E-state index in [4.69, 9.17) is 0 Å². The maximum Gasteiger partial charge on any atom is 0.255 e. The van der Waals surface area contributed by atoms with Gasteiger partial charge in [-0.25, -0.2) is 12.7 Å². The second-order valence-electron chi connectivity index (χ2n) is 7.54. The first-order valence-corrected chi connectivity index (χ1v) is 11.0. The highest BCUT2D eigenvalue weighted by atomic mass is 32.2. The minimum Gasteiger partial charge on any atom is -0.322 e. The molecule has 0 unspecified atom stereocenters. The molecule has 1 fully saturated rings. The smallest absolute Gasteiger partial charge is 0.255 e. The summed E-state index contributed by atoms with van der Waals surface area (Å²) in [4.78, 5) is 17.4. The third-order valence-electron chi connectivity index (χ3n) is 5.11. The van der Waals surface area contributed by atoms with E-state index in [1.165, 1.54) is 43.9 Å². The fraction of sp³-hybridized carbons (Fsp3) is 0.381. The Morgan fingerprint density at radius 1 is 0.966 bits per heavy atom. The molecule has 29 heavy (non-hydrogen) atoms. The summed E-state index contributed by atoms with van der Waals surface area (Å²) in [6.07, 6.45) is 0. The molecule has 1 saturated heterocycles. The standard InChI is InChI=1S/C21H28N4O3S/c1-23(2)29(27,28)20-10-6-18(7-11-20)21(26)22-19-8-4-17(5-9-19)16-25-14-12-24(3)13-15-25/h4-11H,12-16H2,1-3H3,(H,22,26). The predicted octanol–water partition coefficient (Wildman–Crippen LogP) is 1.94. The third-order valence-corrected chi connectivity index (χ3v) is 6.94. The summed E-state index contributed by atoms with van der Waals surface area (Å²) in [7, 11) is 1.59. The van der Waals surface area contributed by atoms with Gasteiger partial charge in [-0.1, -0.05) is 12.1 Å². The van der Waals surface area contributed by atoms with Gasteiger partial charge in [-0.15, -0.1) is 0 Å². The van der Waals surface area contributed by atoms with E-state index in [9.17, 15) is 13.2 Å². The van der Waals surface area contributed by atoms with Crippen LogP contribution in [-0.2, 0) is 16.6 Å². The highest BCUT2D eigenvalue weighted by molar-refractivity contribution is 7.89. The Morgan fingerprint density at radius 3 is 2.10 bits per heavy atom. The van der Waals surface area contributed by atoms with Gasteiger partial charge in [0, 0.05) is 58.1 Å². The first-order chi connectivity index (χ1) is 13.8. The second-order valence-corrected chi connectivity index (χ2v) is 9.69. The number of benzene rings is 2. The SMILES string of the molecule is CN1CCN(Cc2ccc(NC(=O)c3ccc(S(=O)(=O)N(C)C)cc3)cc2)CC1. The lowest BCUT2D eigenvalue weighted by atomic mass is 10.1. The number of sulfonamides is 1. The van der Waals surface area contributed by atoms with Gasteiger partial charge in [0.05, 0.1) is 4.90 Å². The summed E-state index contributed by atoms with van der Waals surface area (Å²) >= 11 is 0. The molecule has 0 bridgehead atoms. The van der Waals surface area contributed by atoms with Crippen molar-refractivity contribution in [2.45, 2.75) is 11.4 Å². The predicted molar refractivity (Wildman–Crippen MR) is 114 cm³/mol. The lowest BCUT2D eigenvalue weighted by Gasteiger charge is -2.32. The molecule has 1 heterocycles. The number of amides is 1. The molecule has 3 rings (SSSR count). The number of nitrogens with zero attached hydrogens (tertiary/aromatic N) is 3. The van der Waals surface area contributed by atoms with Crippen LogP contribution < -0.4 is 5.32 Å². The molecule has 2 aromatic carbocycles. The first-order valence-electron chi connectivity index (χ1n) is 9.59. The van der Waals surface area contributed by atoms with E-state index in [0.29, 0.717) is 11.3 Å². The Labute approximate surface area is 173 Å². The van der Waals surface area contributed by atoms with E-state index in [2.05, 4.69) is 22.2 Å². The van der Waals surface area contributed by atoms with Gasteiger partial charge in [-0.05, 0) is 49.0 Å². The van der Waals surface area contributed by atoms with Crippen LogP contribution in [0.2, 0.25) is 0 Å². The van der Waals surface area contributed by atoms with Crippen LogP contribution in [0.5, 0.6) is 0 Å². The van der Waals surface area contributed by atoms with Crippen molar-refractivity contribution < 1.29 is 13.2 Å². The summed E-state index contributed by atoms with van der Waals surface area (Å²) in [6.45, 7) is 5.21. The Morgan fingerprint density at radius 2 is 1.55 bits per heavy atom. The molecule has 0 aromatic heterocycles. The van der Waals surface area contributed by atoms with Gasteiger partial charge >= 0.3 is 0 Å². The van der Waals surface area contributed by atoms with Gasteiger partial charge in [0.2, 0.25) is 10.0 Å². The zero-order valence-electron chi connectivity index (χ0n) is 17.1. The van der Waals surface area contributed by atoms with Crippen LogP contribution in [-0.4, -0.2) is 75.8 Å². The van der Waals surface area contributed by atoms with Gasteiger partial charge in [0.15, 0.2) is 0 Å². The fourth-order valence-electron chi connectivity index (χ4n) is 3.15. The van der Waals surface area contributed by atoms with Crippen molar-refractivity contribution >= 4 is 21.6 Å². The Balaban J connectivity index is 1.59. The van der Waals surface area contributed by atoms with Gasteiger partial charge in [-0.2, -0.15) is 0 Å². The first kappa shape index (κ1) is 21.4. The Kier molecular flexibility index (Phi) is 6.69. The lowest BCUT2D eigenvalue weighted by Crippen LogP contribution is -2.43. The van der Waals surface area contributed by atoms with Crippen LogP contribution in [0.25, 0.3) is 0 Å². The van der Waals surface area contributed by atoms with Crippen molar-refractivity contribution in [2.24, 2.45) is 0 Å². The van der Waals surface area contributed by atoms with Crippen LogP contribution >= 0.6 is 0 Å². The molecule has 0 radical (unpaired) electrons. The maximum atomic E-state index is 12.5. The molecular formula is C21H28N4O3S. The zero-order valence-corrected chi connectivity index (χ0v) is 17.9. The molecule has 2 aromatic rings. The molecule has 1 aliphatic heterocycles. The number of likely N-dealkylation sites (N-methyl/N-ethyl adjacent to an activating group) is 1. The van der Waals surface area contributed by atoms with Crippen molar-refractivity contribution in [3.63, 3.8) is 0 Å². The number of nitrogens with one attached hydrogen (secondary N) is 1. The molecule has 1 N–H and O–H groups in total. The third kappa shape index (κ3) is 5.42. The van der Waals surface area contributed by atoms with E-state index in [0.717, 1.165) is 37.0 Å². The Bertz CT molecular complexity index is 933. The molecule has 7 nitrogen and oxygen atoms in total. The van der Waals surface area contributed by atoms with Crippen LogP contribution in [0, 0.1) is 0 Å². The highest BCUT2D eigenvalue weighted by Gasteiger charge is 2.18. The number of hydrogen-bond donors (Lipinski definition) is 1. The van der Waals surface area contributed by atoms with E-state index >= 15 is 0 Å². The van der Waals surface area contributed by atoms with Gasteiger partial charge in [0.25, 0.3) is 5.91 Å². The normalized spacial score (nSPS) is 16.1. The van der Waals surface area contributed by atoms with E-state index in [-0.39, 0.29) is 10.8 Å². The topological polar surface area (TPSA) is 73.0 Å². The van der Waals surface area contributed by atoms with E-state index in [1.807, 2.05) is 24.3 Å². The minimum atomic E-state index is -3.50. The quantitative estimate of drug-likeness (QED) is 0.779. The summed E-state index contributed by atoms with van der Waals surface area (Å²) in [5.41, 5.74) is 2.33. The van der Waals surface area contributed by atoms with E-state index < -0.39 is 10.0 Å². The maximum absolute atomic E-state index is 12.5. The van der Waals surface area contributed by atoms with Gasteiger partial charge in [0.1, 0.15) is 0 Å². The molecular weight excluding hydrogens is 388 g/mol. The van der Waals surface area contributed by atoms with Crippen LogP contribution in [0.1, 0.15) is 15.9 Å². The molecule has 0 atom stereocenters. The monoisotopic (exact) mass is 416 g/mol. The molecule has 0 spiro atoms. The zero-order chi connectivity index (χ0) is 21.0. The average Bonchev–Trinajstić information content (AvgIpc) is 2.71. The largest absolute Gasteiger partial charge is 0.322 e. The number of piperazine rings is 1. The summed E-state index contributed by atoms with van der Waals surface area (Å²) in [5, 5.41) is 2.86. The van der Waals surface area contributed by atoms with Gasteiger partial charge < -0.3 is 10.2 Å². The lowest BCUT2D eigenvalue weighted by molar-refractivity contribution is 0.102. The summed E-state index contributed by atoms with van der Waals surface area (Å²) < 4.78 is 25.4. The highest BCUT2D eigenvalue weighted by Crippen LogP contribution is 2.17. The number of carbonyl (C=O) groups is 1. The Hall–Kier alpha value is -2.26. The molecule has 0 saturated carbocycles. The minimum absolute atomic E-state index is 0.160. The van der Waals surface area contributed by atoms with Crippen molar-refractivity contribution in [3.05, 3.63) is 59.7 Å². The van der Waals surface area contributed by atoms with Crippen molar-refractivity contribution in [3.8, 4) is 0 Å². The number of anilines is 1. The van der Waals surface area contributed by atoms with Crippen molar-refractivity contribution in [2.75, 3.05) is 52.6 Å². The number of carbonyl (C=O) groups excluding carboxylic acids is 1. The molecule has 1 amide bonds. The average molecular weight is 417 g/mol. The van der Waals surface area contributed by atoms with Crippen LogP contribution in [0.3, 0.4) is 0 Å². The van der Waals surface area contributed by atoms with Crippen LogP contribution in [0.4, 0.5) is 5.69 Å². The second kappa shape index (κ2) is 9.04. The van der Waals surface area contributed by atoms with Gasteiger partial charge in [-0.3, -0.25) is 9.69 Å². The number of rotatable bonds is 6. The van der Waals surface area contributed by atoms with Crippen molar-refractivity contribution in [1.29, 1.82) is 0 Å². The fourth-order valence-corrected chi connectivity index (χ4v) is 4.05. The number of hydrogen-bond acceptors (Lipinski definition) is 5. The molecule has 0 aliphatic carbocycles. The summed E-state index contributed by atoms with van der Waals surface area (Å²) in [5.74, 6) is -0.273. The molecule has 156 valence electrons. The van der Waals surface area contributed by atoms with Crippen molar-refractivity contribution in [1.82, 2.24) is 14.1 Å². The summed E-state index contributed by atoms with van der Waals surface area (Å²) in [6, 6.07) is 13.8. The van der Waals surface area contributed by atoms with Crippen LogP contribution in [0.15, 0.2) is 53.4 Å². The molecule has 8 heteroatoms. The van der Waals surface area contributed by atoms with E-state index in [1.54, 1.807) is 0 Å². The molecule has 1 aliphatic rings.